The zero-order valence-corrected chi connectivity index (χ0v) is 21.5. The number of methoxy groups -OCH3 is 1. The van der Waals surface area contributed by atoms with Crippen LogP contribution in [0.3, 0.4) is 0 Å². The number of nitrogens with zero attached hydrogens (tertiary/aromatic N) is 5. The van der Waals surface area contributed by atoms with Gasteiger partial charge in [0.15, 0.2) is 11.5 Å². The molecule has 5 rings (SSSR count). The van der Waals surface area contributed by atoms with Crippen molar-refractivity contribution in [3.63, 3.8) is 0 Å². The molecule has 2 fully saturated rings. The Balaban J connectivity index is 1.36. The molecule has 0 radical (unpaired) electrons. The quantitative estimate of drug-likeness (QED) is 0.335. The monoisotopic (exact) mass is 519 g/mol. The van der Waals surface area contributed by atoms with Crippen LogP contribution in [0.1, 0.15) is 48.9 Å². The molecule has 0 saturated carbocycles. The third-order valence-electron chi connectivity index (χ3n) is 6.86. The lowest BCUT2D eigenvalue weighted by molar-refractivity contribution is 0.102. The van der Waals surface area contributed by atoms with Gasteiger partial charge in [0, 0.05) is 37.9 Å². The number of hydrogen-bond acceptors (Lipinski definition) is 10. The molecule has 0 aliphatic carbocycles. The van der Waals surface area contributed by atoms with Crippen LogP contribution in [0.25, 0.3) is 0 Å². The first-order valence-electron chi connectivity index (χ1n) is 13.0. The van der Waals surface area contributed by atoms with E-state index in [0.29, 0.717) is 23.5 Å². The van der Waals surface area contributed by atoms with Gasteiger partial charge in [-0.1, -0.05) is 6.07 Å². The Hall–Kier alpha value is -4.28. The van der Waals surface area contributed by atoms with Gasteiger partial charge in [-0.3, -0.25) is 4.79 Å². The number of phenols is 2. The van der Waals surface area contributed by atoms with Gasteiger partial charge in [-0.15, -0.1) is 0 Å². The molecule has 4 N–H and O–H groups in total. The first-order valence-corrected chi connectivity index (χ1v) is 13.0. The number of amides is 1. The van der Waals surface area contributed by atoms with E-state index < -0.39 is 5.91 Å². The normalized spacial score (nSPS) is 15.7. The molecule has 3 heterocycles. The summed E-state index contributed by atoms with van der Waals surface area (Å²) in [7, 11) is 1.41. The second kappa shape index (κ2) is 11.4. The number of phenolic OH excluding ortho intramolecular Hbond substituents is 2. The average molecular weight is 520 g/mol. The van der Waals surface area contributed by atoms with Crippen LogP contribution in [0.5, 0.6) is 17.2 Å². The zero-order valence-electron chi connectivity index (χ0n) is 21.5. The van der Waals surface area contributed by atoms with E-state index in [4.69, 9.17) is 9.72 Å². The molecular weight excluding hydrogens is 486 g/mol. The van der Waals surface area contributed by atoms with Crippen molar-refractivity contribution in [2.24, 2.45) is 0 Å². The highest BCUT2D eigenvalue weighted by Crippen LogP contribution is 2.33. The first-order chi connectivity index (χ1) is 18.5. The summed E-state index contributed by atoms with van der Waals surface area (Å²) in [4.78, 5) is 31.3. The van der Waals surface area contributed by atoms with Gasteiger partial charge in [0.05, 0.1) is 18.4 Å². The van der Waals surface area contributed by atoms with Crippen molar-refractivity contribution in [2.75, 3.05) is 53.7 Å². The fourth-order valence-corrected chi connectivity index (χ4v) is 4.78. The number of piperidine rings is 2. The Kier molecular flexibility index (Phi) is 7.62. The zero-order chi connectivity index (χ0) is 26.5. The number of carbonyl (C=O) groups is 1. The number of rotatable bonds is 7. The van der Waals surface area contributed by atoms with E-state index in [-0.39, 0.29) is 28.5 Å². The Morgan fingerprint density at radius 2 is 1.50 bits per heavy atom. The Bertz CT molecular complexity index is 1250. The molecule has 0 spiro atoms. The molecule has 11 nitrogen and oxygen atoms in total. The number of para-hydroxylation sites is 1. The van der Waals surface area contributed by atoms with E-state index in [0.717, 1.165) is 51.9 Å². The van der Waals surface area contributed by atoms with Crippen molar-refractivity contribution < 1.29 is 19.7 Å². The molecule has 0 atom stereocenters. The summed E-state index contributed by atoms with van der Waals surface area (Å²) in [6.07, 6.45) is 6.88. The highest BCUT2D eigenvalue weighted by Gasteiger charge is 2.21. The number of aromatic nitrogens is 3. The fourth-order valence-electron chi connectivity index (χ4n) is 4.78. The minimum Gasteiger partial charge on any atom is -0.506 e. The molecule has 1 aromatic heterocycles. The molecule has 2 aliphatic heterocycles. The van der Waals surface area contributed by atoms with Gasteiger partial charge in [-0.05, 0) is 62.8 Å². The van der Waals surface area contributed by atoms with Crippen LogP contribution >= 0.6 is 0 Å². The van der Waals surface area contributed by atoms with Crippen molar-refractivity contribution in [1.82, 2.24) is 15.0 Å². The molecule has 0 unspecified atom stereocenters. The van der Waals surface area contributed by atoms with E-state index >= 15 is 0 Å². The summed E-state index contributed by atoms with van der Waals surface area (Å²) in [6.45, 7) is 3.67. The van der Waals surface area contributed by atoms with Gasteiger partial charge in [0.2, 0.25) is 17.8 Å². The smallest absolute Gasteiger partial charge is 0.259 e. The molecular formula is C27H33N7O4. The molecule has 2 saturated heterocycles. The number of carbonyl (C=O) groups excluding carboxylic acids is 1. The summed E-state index contributed by atoms with van der Waals surface area (Å²) in [5.74, 6) is 0.918. The Morgan fingerprint density at radius 3 is 2.08 bits per heavy atom. The van der Waals surface area contributed by atoms with E-state index in [1.807, 2.05) is 0 Å². The largest absolute Gasteiger partial charge is 0.506 e. The van der Waals surface area contributed by atoms with Crippen molar-refractivity contribution in [1.29, 1.82) is 0 Å². The van der Waals surface area contributed by atoms with Gasteiger partial charge in [-0.2, -0.15) is 15.0 Å². The summed E-state index contributed by atoms with van der Waals surface area (Å²) < 4.78 is 5.07. The number of hydrogen-bond donors (Lipinski definition) is 4. The van der Waals surface area contributed by atoms with Gasteiger partial charge < -0.3 is 35.4 Å². The number of anilines is 5. The maximum atomic E-state index is 12.7. The van der Waals surface area contributed by atoms with Gasteiger partial charge in [-0.25, -0.2) is 0 Å². The third kappa shape index (κ3) is 5.66. The minimum atomic E-state index is -0.577. The van der Waals surface area contributed by atoms with Crippen molar-refractivity contribution in [2.45, 2.75) is 38.5 Å². The molecule has 3 aromatic rings. The van der Waals surface area contributed by atoms with E-state index in [9.17, 15) is 15.0 Å². The predicted octanol–water partition coefficient (Wildman–Crippen LogP) is 4.27. The van der Waals surface area contributed by atoms with Crippen LogP contribution in [-0.2, 0) is 0 Å². The molecule has 0 bridgehead atoms. The van der Waals surface area contributed by atoms with Gasteiger partial charge >= 0.3 is 0 Å². The van der Waals surface area contributed by atoms with Gasteiger partial charge in [0.25, 0.3) is 5.91 Å². The predicted molar refractivity (Wildman–Crippen MR) is 146 cm³/mol. The van der Waals surface area contributed by atoms with Crippen LogP contribution in [-0.4, -0.2) is 64.4 Å². The van der Waals surface area contributed by atoms with Crippen molar-refractivity contribution in [3.8, 4) is 17.2 Å². The molecule has 2 aromatic carbocycles. The van der Waals surface area contributed by atoms with Crippen LogP contribution in [0, 0.1) is 0 Å². The van der Waals surface area contributed by atoms with Crippen LogP contribution in [0.2, 0.25) is 0 Å². The lowest BCUT2D eigenvalue weighted by Gasteiger charge is -2.30. The number of nitrogens with one attached hydrogen (secondary N) is 2. The summed E-state index contributed by atoms with van der Waals surface area (Å²) in [5.41, 5.74) is 0.790. The fraction of sp³-hybridized carbons (Fsp3) is 0.407. The number of benzene rings is 2. The maximum Gasteiger partial charge on any atom is 0.259 e. The van der Waals surface area contributed by atoms with Crippen LogP contribution in [0.15, 0.2) is 36.4 Å². The van der Waals surface area contributed by atoms with Crippen LogP contribution in [0.4, 0.5) is 29.2 Å². The Morgan fingerprint density at radius 1 is 0.868 bits per heavy atom. The molecule has 38 heavy (non-hydrogen) atoms. The van der Waals surface area contributed by atoms with E-state index in [1.165, 1.54) is 32.1 Å². The Labute approximate surface area is 221 Å². The average Bonchev–Trinajstić information content (AvgIpc) is 2.95. The SMILES string of the molecule is COc1cccc(C(=O)Nc2ccc(Nc3nc(N4CCCCC4)nc(N4CCCCC4)n3)cc2O)c1O. The third-order valence-corrected chi connectivity index (χ3v) is 6.86. The highest BCUT2D eigenvalue weighted by molar-refractivity contribution is 6.07. The van der Waals surface area contributed by atoms with Crippen molar-refractivity contribution in [3.05, 3.63) is 42.0 Å². The first kappa shape index (κ1) is 25.4. The molecule has 1 amide bonds. The molecule has 11 heteroatoms. The number of ether oxygens (including phenoxy) is 1. The standard InChI is InChI=1S/C27H33N7O4/c1-38-22-10-8-9-19(23(22)36)24(37)29-20-12-11-18(17-21(20)35)28-25-30-26(33-13-4-2-5-14-33)32-27(31-25)34-15-6-3-7-16-34/h8-12,17,35-36H,2-7,13-16H2,1H3,(H,29,37)(H,28,30,31,32). The molecule has 2 aliphatic rings. The highest BCUT2D eigenvalue weighted by atomic mass is 16.5. The lowest BCUT2D eigenvalue weighted by Crippen LogP contribution is -2.34. The van der Waals surface area contributed by atoms with Crippen molar-refractivity contribution >= 4 is 35.1 Å². The van der Waals surface area contributed by atoms with E-state index in [2.05, 4.69) is 30.4 Å². The van der Waals surface area contributed by atoms with Gasteiger partial charge in [0.1, 0.15) is 5.75 Å². The minimum absolute atomic E-state index is 0.0339. The number of aromatic hydroxyl groups is 2. The maximum absolute atomic E-state index is 12.7. The van der Waals surface area contributed by atoms with Crippen LogP contribution < -0.4 is 25.2 Å². The van der Waals surface area contributed by atoms with E-state index in [1.54, 1.807) is 24.3 Å². The second-order valence-corrected chi connectivity index (χ2v) is 9.52. The second-order valence-electron chi connectivity index (χ2n) is 9.52. The summed E-state index contributed by atoms with van der Waals surface area (Å²) in [6, 6.07) is 9.41. The molecule has 200 valence electrons. The lowest BCUT2D eigenvalue weighted by atomic mass is 10.1. The summed E-state index contributed by atoms with van der Waals surface area (Å²) >= 11 is 0. The summed E-state index contributed by atoms with van der Waals surface area (Å²) in [5, 5.41) is 26.7. The topological polar surface area (TPSA) is 136 Å².